The molecule has 0 spiro atoms. The average Bonchev–Trinajstić information content (AvgIpc) is 2.37. The van der Waals surface area contributed by atoms with E-state index in [1.54, 1.807) is 0 Å². The van der Waals surface area contributed by atoms with Gasteiger partial charge in [-0.15, -0.1) is 12.4 Å². The molecule has 1 saturated carbocycles. The van der Waals surface area contributed by atoms with E-state index >= 15 is 0 Å². The van der Waals surface area contributed by atoms with E-state index in [9.17, 15) is 4.79 Å². The van der Waals surface area contributed by atoms with Gasteiger partial charge in [0.1, 0.15) is 0 Å². The largest absolute Gasteiger partial charge is 0.356 e. The molecule has 1 amide bonds. The van der Waals surface area contributed by atoms with Crippen molar-refractivity contribution >= 4 is 18.3 Å². The minimum absolute atomic E-state index is 0. The molecule has 1 saturated heterocycles. The molecule has 0 radical (unpaired) electrons. The van der Waals surface area contributed by atoms with Crippen molar-refractivity contribution in [2.45, 2.75) is 65.7 Å². The van der Waals surface area contributed by atoms with Gasteiger partial charge < -0.3 is 10.6 Å². The second kappa shape index (κ2) is 9.12. The first-order chi connectivity index (χ1) is 9.94. The zero-order valence-electron chi connectivity index (χ0n) is 14.6. The Kier molecular flexibility index (Phi) is 8.20. The van der Waals surface area contributed by atoms with Crippen LogP contribution >= 0.6 is 12.4 Å². The van der Waals surface area contributed by atoms with Crippen LogP contribution in [0.4, 0.5) is 0 Å². The Morgan fingerprint density at radius 2 is 2.05 bits per heavy atom. The average molecular weight is 331 g/mol. The molecule has 1 aliphatic carbocycles. The molecule has 0 bridgehead atoms. The minimum Gasteiger partial charge on any atom is -0.356 e. The van der Waals surface area contributed by atoms with Gasteiger partial charge in [0.2, 0.25) is 5.91 Å². The molecular formula is C18H35ClN2O. The minimum atomic E-state index is 0. The molecule has 3 unspecified atom stereocenters. The van der Waals surface area contributed by atoms with E-state index in [0.717, 1.165) is 37.8 Å². The number of amides is 1. The van der Waals surface area contributed by atoms with Crippen molar-refractivity contribution in [3.63, 3.8) is 0 Å². The number of halogens is 1. The fraction of sp³-hybridized carbons (Fsp3) is 0.944. The first-order valence-corrected chi connectivity index (χ1v) is 8.92. The monoisotopic (exact) mass is 330 g/mol. The molecule has 22 heavy (non-hydrogen) atoms. The molecule has 1 heterocycles. The van der Waals surface area contributed by atoms with E-state index < -0.39 is 0 Å². The molecule has 0 aromatic heterocycles. The van der Waals surface area contributed by atoms with Crippen LogP contribution < -0.4 is 10.6 Å². The van der Waals surface area contributed by atoms with Crippen molar-refractivity contribution < 1.29 is 4.79 Å². The lowest BCUT2D eigenvalue weighted by atomic mass is 9.67. The Balaban J connectivity index is 0.00000242. The summed E-state index contributed by atoms with van der Waals surface area (Å²) >= 11 is 0. The summed E-state index contributed by atoms with van der Waals surface area (Å²) in [5.41, 5.74) is 0.413. The van der Waals surface area contributed by atoms with E-state index in [-0.39, 0.29) is 18.3 Å². The highest BCUT2D eigenvalue weighted by Crippen LogP contribution is 2.42. The summed E-state index contributed by atoms with van der Waals surface area (Å²) in [6, 6.07) is 0. The normalized spacial score (nSPS) is 31.1. The summed E-state index contributed by atoms with van der Waals surface area (Å²) in [7, 11) is 0. The number of hydrogen-bond acceptors (Lipinski definition) is 2. The number of carbonyl (C=O) groups is 1. The van der Waals surface area contributed by atoms with E-state index in [2.05, 4.69) is 31.4 Å². The molecule has 1 aliphatic heterocycles. The van der Waals surface area contributed by atoms with Crippen molar-refractivity contribution in [2.24, 2.45) is 23.2 Å². The zero-order chi connectivity index (χ0) is 15.3. The molecule has 0 aromatic carbocycles. The van der Waals surface area contributed by atoms with Gasteiger partial charge in [0, 0.05) is 13.0 Å². The van der Waals surface area contributed by atoms with Crippen molar-refractivity contribution in [2.75, 3.05) is 19.6 Å². The number of piperidine rings is 1. The van der Waals surface area contributed by atoms with E-state index in [1.165, 1.54) is 38.6 Å². The number of nitrogens with one attached hydrogen (secondary N) is 2. The van der Waals surface area contributed by atoms with Crippen LogP contribution in [-0.2, 0) is 4.79 Å². The van der Waals surface area contributed by atoms with Crippen LogP contribution in [0.5, 0.6) is 0 Å². The van der Waals surface area contributed by atoms with Gasteiger partial charge in [0.15, 0.2) is 0 Å². The molecule has 2 rings (SSSR count). The van der Waals surface area contributed by atoms with Gasteiger partial charge in [-0.05, 0) is 74.8 Å². The Labute approximate surface area is 142 Å². The van der Waals surface area contributed by atoms with Gasteiger partial charge in [-0.1, -0.05) is 20.8 Å². The number of hydrogen-bond donors (Lipinski definition) is 2. The third kappa shape index (κ3) is 6.87. The van der Waals surface area contributed by atoms with Crippen LogP contribution in [0.15, 0.2) is 0 Å². The molecule has 4 heteroatoms. The van der Waals surface area contributed by atoms with Crippen LogP contribution in [0.3, 0.4) is 0 Å². The zero-order valence-corrected chi connectivity index (χ0v) is 15.4. The summed E-state index contributed by atoms with van der Waals surface area (Å²) in [5, 5.41) is 6.59. The van der Waals surface area contributed by atoms with E-state index in [4.69, 9.17) is 0 Å². The summed E-state index contributed by atoms with van der Waals surface area (Å²) in [5.74, 6) is 2.38. The smallest absolute Gasteiger partial charge is 0.220 e. The first-order valence-electron chi connectivity index (χ1n) is 8.92. The summed E-state index contributed by atoms with van der Waals surface area (Å²) in [6.07, 6.45) is 8.20. The maximum Gasteiger partial charge on any atom is 0.220 e. The quantitative estimate of drug-likeness (QED) is 0.805. The molecule has 130 valence electrons. The van der Waals surface area contributed by atoms with E-state index in [1.807, 2.05) is 0 Å². The van der Waals surface area contributed by atoms with Crippen molar-refractivity contribution in [1.29, 1.82) is 0 Å². The molecular weight excluding hydrogens is 296 g/mol. The predicted molar refractivity (Wildman–Crippen MR) is 95.4 cm³/mol. The first kappa shape index (κ1) is 19.8. The Morgan fingerprint density at radius 1 is 1.27 bits per heavy atom. The maximum absolute atomic E-state index is 12.1. The van der Waals surface area contributed by atoms with Crippen LogP contribution in [0.1, 0.15) is 65.7 Å². The topological polar surface area (TPSA) is 41.1 Å². The fourth-order valence-electron chi connectivity index (χ4n) is 4.62. The van der Waals surface area contributed by atoms with Gasteiger partial charge in [0.25, 0.3) is 0 Å². The summed E-state index contributed by atoms with van der Waals surface area (Å²) < 4.78 is 0. The Morgan fingerprint density at radius 3 is 2.68 bits per heavy atom. The molecule has 3 atom stereocenters. The molecule has 0 aromatic rings. The van der Waals surface area contributed by atoms with Crippen LogP contribution in [0, 0.1) is 23.2 Å². The number of carbonyl (C=O) groups excluding carboxylic acids is 1. The van der Waals surface area contributed by atoms with Gasteiger partial charge in [-0.25, -0.2) is 0 Å². The molecule has 3 nitrogen and oxygen atoms in total. The van der Waals surface area contributed by atoms with Crippen molar-refractivity contribution in [1.82, 2.24) is 10.6 Å². The second-order valence-corrected chi connectivity index (χ2v) is 8.33. The lowest BCUT2D eigenvalue weighted by Gasteiger charge is -2.38. The highest BCUT2D eigenvalue weighted by molar-refractivity contribution is 5.85. The lowest BCUT2D eigenvalue weighted by Crippen LogP contribution is -2.35. The molecule has 2 aliphatic rings. The number of rotatable bonds is 5. The predicted octanol–water partition coefficient (Wildman–Crippen LogP) is 3.77. The second-order valence-electron chi connectivity index (χ2n) is 8.33. The van der Waals surface area contributed by atoms with Crippen LogP contribution in [0.2, 0.25) is 0 Å². The van der Waals surface area contributed by atoms with Crippen molar-refractivity contribution in [3.8, 4) is 0 Å². The van der Waals surface area contributed by atoms with Crippen LogP contribution in [0.25, 0.3) is 0 Å². The fourth-order valence-corrected chi connectivity index (χ4v) is 4.62. The summed E-state index contributed by atoms with van der Waals surface area (Å²) in [4.78, 5) is 12.1. The third-order valence-corrected chi connectivity index (χ3v) is 5.23. The Hall–Kier alpha value is -0.280. The highest BCUT2D eigenvalue weighted by Gasteiger charge is 2.32. The highest BCUT2D eigenvalue weighted by atomic mass is 35.5. The molecule has 2 N–H and O–H groups in total. The third-order valence-electron chi connectivity index (χ3n) is 5.23. The summed E-state index contributed by atoms with van der Waals surface area (Å²) in [6.45, 7) is 10.2. The van der Waals surface area contributed by atoms with E-state index in [0.29, 0.717) is 11.3 Å². The van der Waals surface area contributed by atoms with Crippen molar-refractivity contribution in [3.05, 3.63) is 0 Å². The van der Waals surface area contributed by atoms with Crippen LogP contribution in [-0.4, -0.2) is 25.5 Å². The maximum atomic E-state index is 12.1. The molecule has 2 fully saturated rings. The van der Waals surface area contributed by atoms with Gasteiger partial charge in [0.05, 0.1) is 0 Å². The van der Waals surface area contributed by atoms with Gasteiger partial charge in [-0.2, -0.15) is 0 Å². The SMILES string of the molecule is CC1CC(CC(=O)NCCC2CCCNC2)CC(C)(C)C1.Cl. The van der Waals surface area contributed by atoms with Gasteiger partial charge >= 0.3 is 0 Å². The lowest BCUT2D eigenvalue weighted by molar-refractivity contribution is -0.122. The standard InChI is InChI=1S/C18H34N2O.ClH/c1-14-9-16(12-18(2,3)11-14)10-17(21)20-8-6-15-5-4-7-19-13-15;/h14-16,19H,4-13H2,1-3H3,(H,20,21);1H. The Bertz CT molecular complexity index is 340. The van der Waals surface area contributed by atoms with Gasteiger partial charge in [-0.3, -0.25) is 4.79 Å².